The lowest BCUT2D eigenvalue weighted by Crippen LogP contribution is -2.53. The zero-order valence-electron chi connectivity index (χ0n) is 23.7. The number of allylic oxidation sites excluding steroid dienone is 2. The average Bonchev–Trinajstić information content (AvgIpc) is 3.43. The number of methoxy groups -OCH3 is 1. The van der Waals surface area contributed by atoms with Gasteiger partial charge in [-0.2, -0.15) is 5.01 Å². The van der Waals surface area contributed by atoms with Gasteiger partial charge in [0.15, 0.2) is 11.5 Å². The molecule has 1 saturated carbocycles. The van der Waals surface area contributed by atoms with Crippen LogP contribution in [-0.4, -0.2) is 40.9 Å². The number of rotatable bonds is 5. The average molecular weight is 650 g/mol. The van der Waals surface area contributed by atoms with Gasteiger partial charge in [-0.3, -0.25) is 29.9 Å². The topological polar surface area (TPSA) is 125 Å². The molecule has 230 valence electrons. The standard InChI is InChI=1S/C33H26Cl2FN3O6/c1-45-25-13-15(12-24(35)28(25)40)27-20-10-11-21-26(30(42)37-29(21)41)22(20)14-23-31(43)39(38-19-8-6-18(36)7-9-19)32(44)33(23,27)16-2-4-17(34)5-3-16/h2-10,12-13,21-23,26-27,38,40H,11,14H2,1H3,(H,37,41,42). The number of fused-ring (bicyclic) bond motifs is 4. The SMILES string of the molecule is COc1cc(C2C3=CCC4C(=O)NC(=O)C4C3CC3C(=O)N(Nc4ccc(F)cc4)C(=O)C32c2ccc(Cl)cc2)cc(Cl)c1O. The van der Waals surface area contributed by atoms with Crippen molar-refractivity contribution in [3.8, 4) is 11.5 Å². The lowest BCUT2D eigenvalue weighted by atomic mass is 9.49. The van der Waals surface area contributed by atoms with Crippen LogP contribution in [-0.2, 0) is 24.6 Å². The Morgan fingerprint density at radius 2 is 1.71 bits per heavy atom. The van der Waals surface area contributed by atoms with E-state index in [0.717, 1.165) is 5.01 Å². The predicted molar refractivity (Wildman–Crippen MR) is 162 cm³/mol. The van der Waals surface area contributed by atoms with Crippen LogP contribution >= 0.6 is 23.2 Å². The third-order valence-electron chi connectivity index (χ3n) is 9.70. The fraction of sp³-hybridized carbons (Fsp3) is 0.273. The first-order valence-electron chi connectivity index (χ1n) is 14.3. The molecule has 3 aromatic rings. The maximum absolute atomic E-state index is 15.0. The van der Waals surface area contributed by atoms with Gasteiger partial charge in [-0.25, -0.2) is 4.39 Å². The van der Waals surface area contributed by atoms with E-state index in [1.165, 1.54) is 37.4 Å². The Balaban J connectivity index is 1.50. The van der Waals surface area contributed by atoms with Gasteiger partial charge >= 0.3 is 0 Å². The summed E-state index contributed by atoms with van der Waals surface area (Å²) < 4.78 is 19.2. The second-order valence-corrected chi connectivity index (χ2v) is 12.6. The van der Waals surface area contributed by atoms with Crippen molar-refractivity contribution in [2.75, 3.05) is 12.5 Å². The molecule has 2 heterocycles. The number of anilines is 1. The van der Waals surface area contributed by atoms with Gasteiger partial charge in [0, 0.05) is 10.9 Å². The number of hydrogen-bond acceptors (Lipinski definition) is 7. The van der Waals surface area contributed by atoms with E-state index in [4.69, 9.17) is 27.9 Å². The number of hydrazine groups is 1. The largest absolute Gasteiger partial charge is 0.503 e. The number of ether oxygens (including phenoxy) is 1. The first kappa shape index (κ1) is 29.3. The Bertz CT molecular complexity index is 1810. The van der Waals surface area contributed by atoms with Crippen molar-refractivity contribution in [1.29, 1.82) is 0 Å². The molecular weight excluding hydrogens is 624 g/mol. The van der Waals surface area contributed by atoms with E-state index in [9.17, 15) is 28.7 Å². The molecule has 7 rings (SSSR count). The molecule has 3 aromatic carbocycles. The number of carbonyl (C=O) groups excluding carboxylic acids is 4. The highest BCUT2D eigenvalue weighted by Gasteiger charge is 2.70. The monoisotopic (exact) mass is 649 g/mol. The second-order valence-electron chi connectivity index (χ2n) is 11.8. The van der Waals surface area contributed by atoms with Crippen LogP contribution < -0.4 is 15.5 Å². The number of nitrogens with zero attached hydrogens (tertiary/aromatic N) is 1. The molecule has 6 unspecified atom stereocenters. The fourth-order valence-corrected chi connectivity index (χ4v) is 8.20. The first-order chi connectivity index (χ1) is 21.6. The summed E-state index contributed by atoms with van der Waals surface area (Å²) in [6.45, 7) is 0. The minimum absolute atomic E-state index is 0.0320. The van der Waals surface area contributed by atoms with Crippen LogP contribution in [0.5, 0.6) is 11.5 Å². The minimum Gasteiger partial charge on any atom is -0.503 e. The van der Waals surface area contributed by atoms with Crippen molar-refractivity contribution >= 4 is 52.5 Å². The number of halogens is 3. The third kappa shape index (κ3) is 4.26. The molecule has 2 saturated heterocycles. The first-order valence-corrected chi connectivity index (χ1v) is 15.1. The van der Waals surface area contributed by atoms with Crippen molar-refractivity contribution in [2.24, 2.45) is 23.7 Å². The van der Waals surface area contributed by atoms with Gasteiger partial charge in [-0.15, -0.1) is 0 Å². The molecule has 0 bridgehead atoms. The lowest BCUT2D eigenvalue weighted by Gasteiger charge is -2.50. The van der Waals surface area contributed by atoms with E-state index in [1.807, 2.05) is 6.08 Å². The highest BCUT2D eigenvalue weighted by molar-refractivity contribution is 6.32. The quantitative estimate of drug-likeness (QED) is 0.259. The molecule has 6 atom stereocenters. The van der Waals surface area contributed by atoms with Gasteiger partial charge < -0.3 is 9.84 Å². The summed E-state index contributed by atoms with van der Waals surface area (Å²) in [5, 5.41) is 14.4. The van der Waals surface area contributed by atoms with Gasteiger partial charge in [0.1, 0.15) is 5.82 Å². The molecule has 0 radical (unpaired) electrons. The van der Waals surface area contributed by atoms with Crippen LogP contribution in [0, 0.1) is 29.5 Å². The van der Waals surface area contributed by atoms with E-state index in [1.54, 1.807) is 30.3 Å². The van der Waals surface area contributed by atoms with E-state index in [0.29, 0.717) is 27.4 Å². The van der Waals surface area contributed by atoms with Crippen molar-refractivity contribution in [3.05, 3.63) is 99.3 Å². The minimum atomic E-state index is -1.58. The molecule has 3 N–H and O–H groups in total. The lowest BCUT2D eigenvalue weighted by molar-refractivity contribution is -0.138. The summed E-state index contributed by atoms with van der Waals surface area (Å²) in [5.41, 5.74) is 3.30. The summed E-state index contributed by atoms with van der Waals surface area (Å²) in [6, 6.07) is 15.0. The van der Waals surface area contributed by atoms with Crippen molar-refractivity contribution in [3.63, 3.8) is 0 Å². The van der Waals surface area contributed by atoms with Crippen molar-refractivity contribution in [2.45, 2.75) is 24.2 Å². The Kier molecular flexibility index (Phi) is 6.90. The number of nitrogens with one attached hydrogen (secondary N) is 2. The van der Waals surface area contributed by atoms with E-state index in [-0.39, 0.29) is 35.3 Å². The molecule has 2 aliphatic carbocycles. The van der Waals surface area contributed by atoms with Gasteiger partial charge in [0.2, 0.25) is 11.8 Å². The molecule has 0 spiro atoms. The van der Waals surface area contributed by atoms with Gasteiger partial charge in [-0.05, 0) is 78.4 Å². The molecule has 2 aliphatic heterocycles. The zero-order valence-corrected chi connectivity index (χ0v) is 25.2. The predicted octanol–water partition coefficient (Wildman–Crippen LogP) is 5.12. The third-order valence-corrected chi connectivity index (χ3v) is 10.2. The number of carbonyl (C=O) groups is 4. The van der Waals surface area contributed by atoms with E-state index >= 15 is 0 Å². The summed E-state index contributed by atoms with van der Waals surface area (Å²) in [7, 11) is 1.37. The molecule has 3 fully saturated rings. The summed E-state index contributed by atoms with van der Waals surface area (Å²) in [4.78, 5) is 55.4. The number of aromatic hydroxyl groups is 1. The van der Waals surface area contributed by atoms with E-state index in [2.05, 4.69) is 10.7 Å². The Morgan fingerprint density at radius 3 is 2.40 bits per heavy atom. The molecule has 0 aromatic heterocycles. The number of phenols is 1. The molecule has 12 heteroatoms. The molecule has 45 heavy (non-hydrogen) atoms. The Hall–Kier alpha value is -4.41. The summed E-state index contributed by atoms with van der Waals surface area (Å²) in [5.74, 6) is -6.42. The number of hydrogen-bond donors (Lipinski definition) is 3. The number of imide groups is 2. The van der Waals surface area contributed by atoms with Crippen LogP contribution in [0.1, 0.15) is 29.9 Å². The van der Waals surface area contributed by atoms with Crippen LogP contribution in [0.3, 0.4) is 0 Å². The van der Waals surface area contributed by atoms with Gasteiger partial charge in [0.05, 0.1) is 41.0 Å². The highest BCUT2D eigenvalue weighted by atomic mass is 35.5. The smallest absolute Gasteiger partial charge is 0.260 e. The van der Waals surface area contributed by atoms with Gasteiger partial charge in [-0.1, -0.05) is 47.0 Å². The van der Waals surface area contributed by atoms with Crippen LogP contribution in [0.25, 0.3) is 0 Å². The Labute approximate surface area is 266 Å². The van der Waals surface area contributed by atoms with Gasteiger partial charge in [0.25, 0.3) is 11.8 Å². The summed E-state index contributed by atoms with van der Waals surface area (Å²) in [6.07, 6.45) is 2.25. The van der Waals surface area contributed by atoms with Crippen LogP contribution in [0.15, 0.2) is 72.3 Å². The van der Waals surface area contributed by atoms with E-state index < -0.39 is 58.5 Å². The highest BCUT2D eigenvalue weighted by Crippen LogP contribution is 2.64. The molecule has 4 aliphatic rings. The maximum Gasteiger partial charge on any atom is 0.260 e. The normalized spacial score (nSPS) is 28.7. The van der Waals surface area contributed by atoms with Crippen LogP contribution in [0.4, 0.5) is 10.1 Å². The van der Waals surface area contributed by atoms with Crippen molar-refractivity contribution < 1.29 is 33.4 Å². The summed E-state index contributed by atoms with van der Waals surface area (Å²) >= 11 is 12.8. The number of amides is 4. The molecule has 4 amide bonds. The van der Waals surface area contributed by atoms with Crippen molar-refractivity contribution in [1.82, 2.24) is 10.3 Å². The Morgan fingerprint density at radius 1 is 1.00 bits per heavy atom. The maximum atomic E-state index is 15.0. The fourth-order valence-electron chi connectivity index (χ4n) is 7.86. The molecule has 9 nitrogen and oxygen atoms in total. The number of benzene rings is 3. The second kappa shape index (κ2) is 10.6. The number of phenolic OH excluding ortho intramolecular Hbond substituents is 1. The van der Waals surface area contributed by atoms with Crippen LogP contribution in [0.2, 0.25) is 10.0 Å². The zero-order chi connectivity index (χ0) is 31.8. The molecular formula is C33H26Cl2FN3O6.